The first-order chi connectivity index (χ1) is 7.29. The van der Waals surface area contributed by atoms with Gasteiger partial charge in [0.25, 0.3) is 0 Å². The molecule has 1 aromatic heterocycles. The van der Waals surface area contributed by atoms with E-state index in [4.69, 9.17) is 0 Å². The smallest absolute Gasteiger partial charge is 0.181 e. The van der Waals surface area contributed by atoms with Crippen LogP contribution in [0.2, 0.25) is 0 Å². The maximum atomic E-state index is 2.29. The van der Waals surface area contributed by atoms with Gasteiger partial charge in [0.15, 0.2) is 17.9 Å². The molecule has 0 saturated heterocycles. The van der Waals surface area contributed by atoms with Crippen molar-refractivity contribution >= 4 is 0 Å². The van der Waals surface area contributed by atoms with Crippen LogP contribution in [0.5, 0.6) is 0 Å². The van der Waals surface area contributed by atoms with Gasteiger partial charge in [0.1, 0.15) is 0 Å². The number of rotatable bonds is 2. The van der Waals surface area contributed by atoms with Crippen molar-refractivity contribution < 1.29 is 4.57 Å². The lowest BCUT2D eigenvalue weighted by Gasteiger charge is -2.08. The lowest BCUT2D eigenvalue weighted by molar-refractivity contribution is -0.716. The van der Waals surface area contributed by atoms with Crippen LogP contribution in [0.15, 0.2) is 54.7 Å². The zero-order valence-corrected chi connectivity index (χ0v) is 9.22. The zero-order valence-electron chi connectivity index (χ0n) is 9.22. The number of aromatic nitrogens is 1. The quantitative estimate of drug-likeness (QED) is 0.653. The van der Waals surface area contributed by atoms with E-state index in [1.54, 1.807) is 0 Å². The summed E-state index contributed by atoms with van der Waals surface area (Å²) in [7, 11) is 0. The first-order valence-corrected chi connectivity index (χ1v) is 5.31. The Morgan fingerprint density at radius 3 is 2.27 bits per heavy atom. The Morgan fingerprint density at radius 2 is 1.60 bits per heavy atom. The van der Waals surface area contributed by atoms with E-state index in [1.165, 1.54) is 11.3 Å². The Hall–Kier alpha value is -1.63. The Labute approximate surface area is 91.0 Å². The van der Waals surface area contributed by atoms with Crippen LogP contribution in [0, 0.1) is 6.92 Å². The van der Waals surface area contributed by atoms with Gasteiger partial charge in [-0.15, -0.1) is 0 Å². The van der Waals surface area contributed by atoms with Crippen LogP contribution in [-0.2, 0) is 0 Å². The van der Waals surface area contributed by atoms with Gasteiger partial charge in [-0.25, -0.2) is 0 Å². The van der Waals surface area contributed by atoms with Gasteiger partial charge < -0.3 is 0 Å². The topological polar surface area (TPSA) is 3.88 Å². The first-order valence-electron chi connectivity index (χ1n) is 5.31. The van der Waals surface area contributed by atoms with E-state index in [2.05, 4.69) is 73.1 Å². The van der Waals surface area contributed by atoms with E-state index in [9.17, 15) is 0 Å². The van der Waals surface area contributed by atoms with Gasteiger partial charge in [0.2, 0.25) is 0 Å². The van der Waals surface area contributed by atoms with Crippen LogP contribution >= 0.6 is 0 Å². The van der Waals surface area contributed by atoms with Gasteiger partial charge in [-0.1, -0.05) is 36.4 Å². The molecule has 2 rings (SSSR count). The van der Waals surface area contributed by atoms with E-state index in [1.807, 2.05) is 0 Å². The predicted molar refractivity (Wildman–Crippen MR) is 61.6 cm³/mol. The van der Waals surface area contributed by atoms with Gasteiger partial charge in [-0.05, 0) is 0 Å². The highest BCUT2D eigenvalue weighted by Crippen LogP contribution is 2.11. The van der Waals surface area contributed by atoms with Gasteiger partial charge in [0.05, 0.1) is 0 Å². The highest BCUT2D eigenvalue weighted by molar-refractivity contribution is 5.16. The van der Waals surface area contributed by atoms with Crippen LogP contribution in [0.25, 0.3) is 0 Å². The summed E-state index contributed by atoms with van der Waals surface area (Å²) in [6.07, 6.45) is 2.13. The van der Waals surface area contributed by atoms with Crippen LogP contribution in [0.1, 0.15) is 24.2 Å². The number of hydrogen-bond donors (Lipinski definition) is 0. The lowest BCUT2D eigenvalue weighted by atomic mass is 10.1. The van der Waals surface area contributed by atoms with Gasteiger partial charge >= 0.3 is 0 Å². The van der Waals surface area contributed by atoms with E-state index in [0.717, 1.165) is 0 Å². The van der Waals surface area contributed by atoms with Crippen LogP contribution in [0.4, 0.5) is 0 Å². The maximum absolute atomic E-state index is 2.29. The zero-order chi connectivity index (χ0) is 10.7. The summed E-state index contributed by atoms with van der Waals surface area (Å²) < 4.78 is 2.29. The van der Waals surface area contributed by atoms with E-state index in [-0.39, 0.29) is 0 Å². The average Bonchev–Trinajstić information content (AvgIpc) is 2.30. The van der Waals surface area contributed by atoms with E-state index in [0.29, 0.717) is 6.04 Å². The molecule has 0 spiro atoms. The molecule has 0 aliphatic carbocycles. The molecule has 0 amide bonds. The third-order valence-corrected chi connectivity index (χ3v) is 2.80. The molecule has 76 valence electrons. The standard InChI is InChI=1S/C14H16N/c1-12-8-6-7-11-15(12)13(2)14-9-4-3-5-10-14/h3-11,13H,1-2H3/q+1. The Morgan fingerprint density at radius 1 is 0.933 bits per heavy atom. The second-order valence-electron chi connectivity index (χ2n) is 3.84. The third kappa shape index (κ3) is 2.07. The van der Waals surface area contributed by atoms with E-state index >= 15 is 0 Å². The van der Waals surface area contributed by atoms with Gasteiger partial charge in [0, 0.05) is 31.5 Å². The number of aryl methyl sites for hydroxylation is 1. The normalized spacial score (nSPS) is 12.4. The highest BCUT2D eigenvalue weighted by atomic mass is 15.0. The van der Waals surface area contributed by atoms with Crippen molar-refractivity contribution in [3.63, 3.8) is 0 Å². The van der Waals surface area contributed by atoms with Crippen molar-refractivity contribution in [2.45, 2.75) is 19.9 Å². The number of hydrogen-bond acceptors (Lipinski definition) is 0. The van der Waals surface area contributed by atoms with Crippen molar-refractivity contribution in [1.29, 1.82) is 0 Å². The molecule has 2 aromatic rings. The summed E-state index contributed by atoms with van der Waals surface area (Å²) in [5, 5.41) is 0. The Bertz CT molecular complexity index is 434. The molecule has 1 heteroatoms. The molecule has 0 N–H and O–H groups in total. The second-order valence-corrected chi connectivity index (χ2v) is 3.84. The molecule has 1 unspecified atom stereocenters. The SMILES string of the molecule is Cc1cccc[n+]1C(C)c1ccccc1. The summed E-state index contributed by atoms with van der Waals surface area (Å²) in [6.45, 7) is 4.36. The third-order valence-electron chi connectivity index (χ3n) is 2.80. The molecular formula is C14H16N+. The molecular weight excluding hydrogens is 182 g/mol. The van der Waals surface area contributed by atoms with Crippen LogP contribution in [-0.4, -0.2) is 0 Å². The van der Waals surface area contributed by atoms with Crippen molar-refractivity contribution in [1.82, 2.24) is 0 Å². The average molecular weight is 198 g/mol. The molecule has 0 saturated carbocycles. The number of nitrogens with zero attached hydrogens (tertiary/aromatic N) is 1. The molecule has 0 radical (unpaired) electrons. The minimum absolute atomic E-state index is 0.396. The lowest BCUT2D eigenvalue weighted by Crippen LogP contribution is -2.40. The molecule has 1 heterocycles. The predicted octanol–water partition coefficient (Wildman–Crippen LogP) is 2.89. The largest absolute Gasteiger partial charge is 0.196 e. The fourth-order valence-corrected chi connectivity index (χ4v) is 1.87. The second kappa shape index (κ2) is 4.26. The molecule has 1 nitrogen and oxygen atoms in total. The maximum Gasteiger partial charge on any atom is 0.181 e. The summed E-state index contributed by atoms with van der Waals surface area (Å²) >= 11 is 0. The molecule has 1 atom stereocenters. The molecule has 0 fully saturated rings. The molecule has 0 bridgehead atoms. The van der Waals surface area contributed by atoms with E-state index < -0.39 is 0 Å². The van der Waals surface area contributed by atoms with Gasteiger partial charge in [-0.2, -0.15) is 4.57 Å². The summed E-state index contributed by atoms with van der Waals surface area (Å²) in [5.41, 5.74) is 2.63. The number of benzene rings is 1. The molecule has 0 aliphatic heterocycles. The molecule has 0 aliphatic rings. The minimum atomic E-state index is 0.396. The summed E-state index contributed by atoms with van der Waals surface area (Å²) in [5.74, 6) is 0. The van der Waals surface area contributed by atoms with Crippen molar-refractivity contribution in [2.24, 2.45) is 0 Å². The minimum Gasteiger partial charge on any atom is -0.196 e. The van der Waals surface area contributed by atoms with Crippen LogP contribution < -0.4 is 4.57 Å². The fourth-order valence-electron chi connectivity index (χ4n) is 1.87. The molecule has 15 heavy (non-hydrogen) atoms. The Balaban J connectivity index is 2.37. The number of pyridine rings is 1. The van der Waals surface area contributed by atoms with Crippen molar-refractivity contribution in [3.8, 4) is 0 Å². The van der Waals surface area contributed by atoms with Crippen molar-refractivity contribution in [3.05, 3.63) is 66.0 Å². The molecule has 1 aromatic carbocycles. The monoisotopic (exact) mass is 198 g/mol. The van der Waals surface area contributed by atoms with Crippen LogP contribution in [0.3, 0.4) is 0 Å². The first kappa shape index (κ1) is 9.91. The summed E-state index contributed by atoms with van der Waals surface area (Å²) in [4.78, 5) is 0. The fraction of sp³-hybridized carbons (Fsp3) is 0.214. The van der Waals surface area contributed by atoms with Gasteiger partial charge in [-0.3, -0.25) is 0 Å². The van der Waals surface area contributed by atoms with Crippen molar-refractivity contribution in [2.75, 3.05) is 0 Å². The summed E-state index contributed by atoms with van der Waals surface area (Å²) in [6, 6.07) is 17.3. The highest BCUT2D eigenvalue weighted by Gasteiger charge is 2.15. The Kier molecular flexibility index (Phi) is 2.82.